The topological polar surface area (TPSA) is 76.0 Å². The first-order valence-electron chi connectivity index (χ1n) is 12.0. The first-order chi connectivity index (χ1) is 15.6. The summed E-state index contributed by atoms with van der Waals surface area (Å²) in [4.78, 5) is 11.9. The van der Waals surface area contributed by atoms with Gasteiger partial charge in [0.1, 0.15) is 17.2 Å². The summed E-state index contributed by atoms with van der Waals surface area (Å²) in [5.41, 5.74) is 0.169. The van der Waals surface area contributed by atoms with Gasteiger partial charge < -0.3 is 19.7 Å². The van der Waals surface area contributed by atoms with Crippen LogP contribution in [0.15, 0.2) is 48.5 Å². The van der Waals surface area contributed by atoms with Gasteiger partial charge >= 0.3 is 5.97 Å². The Labute approximate surface area is 192 Å². The van der Waals surface area contributed by atoms with Crippen LogP contribution in [-0.4, -0.2) is 29.4 Å². The lowest BCUT2D eigenvalue weighted by molar-refractivity contribution is 0.0496. The molecule has 0 fully saturated rings. The zero-order chi connectivity index (χ0) is 22.9. The minimum Gasteiger partial charge on any atom is -0.508 e. The van der Waals surface area contributed by atoms with E-state index in [0.717, 1.165) is 38.0 Å². The highest BCUT2D eigenvalue weighted by Crippen LogP contribution is 2.21. The number of hydrogen-bond donors (Lipinski definition) is 2. The van der Waals surface area contributed by atoms with E-state index in [1.165, 1.54) is 69.6 Å². The van der Waals surface area contributed by atoms with Gasteiger partial charge in [-0.3, -0.25) is 0 Å². The molecule has 2 aromatic rings. The molecule has 5 nitrogen and oxygen atoms in total. The zero-order valence-electron chi connectivity index (χ0n) is 19.1. The maximum atomic E-state index is 11.9. The summed E-state index contributed by atoms with van der Waals surface area (Å²) in [5.74, 6) is 0.152. The Morgan fingerprint density at radius 1 is 0.625 bits per heavy atom. The number of ether oxygens (including phenoxy) is 2. The molecule has 0 aliphatic carbocycles. The number of carbonyl (C=O) groups is 1. The fraction of sp³-hybridized carbons (Fsp3) is 0.519. The molecule has 0 radical (unpaired) electrons. The third kappa shape index (κ3) is 11.6. The molecule has 0 spiro atoms. The van der Waals surface area contributed by atoms with Crippen LogP contribution in [0.4, 0.5) is 0 Å². The highest BCUT2D eigenvalue weighted by molar-refractivity contribution is 5.90. The predicted molar refractivity (Wildman–Crippen MR) is 127 cm³/mol. The molecule has 2 N–H and O–H groups in total. The number of unbranched alkanes of at least 4 members (excludes halogenated alkanes) is 11. The summed E-state index contributed by atoms with van der Waals surface area (Å²) >= 11 is 0. The molecule has 32 heavy (non-hydrogen) atoms. The number of hydrogen-bond acceptors (Lipinski definition) is 5. The molecule has 2 aromatic carbocycles. The predicted octanol–water partition coefficient (Wildman–Crippen LogP) is 7.01. The van der Waals surface area contributed by atoms with Crippen LogP contribution < -0.4 is 4.74 Å². The molecule has 0 unspecified atom stereocenters. The first kappa shape index (κ1) is 25.6. The van der Waals surface area contributed by atoms with E-state index in [-0.39, 0.29) is 17.1 Å². The van der Waals surface area contributed by atoms with Gasteiger partial charge in [-0.15, -0.1) is 0 Å². The Hall–Kier alpha value is -2.69. The van der Waals surface area contributed by atoms with Gasteiger partial charge in [-0.05, 0) is 37.1 Å². The molecular formula is C27H38O5. The summed E-state index contributed by atoms with van der Waals surface area (Å²) in [5, 5.41) is 18.8. The van der Waals surface area contributed by atoms with Gasteiger partial charge in [0.15, 0.2) is 0 Å². The van der Waals surface area contributed by atoms with Crippen LogP contribution in [0.25, 0.3) is 0 Å². The SMILES string of the molecule is O=C(OCCCCCCCCCCCCCCOc1ccccc1)c1cc(O)cc(O)c1. The molecule has 0 aliphatic rings. The standard InChI is InChI=1S/C27H38O5/c28-24-20-23(21-25(29)22-24)27(30)32-19-15-10-8-6-4-2-1-3-5-7-9-14-18-31-26-16-12-11-13-17-26/h11-13,16-17,20-22,28-29H,1-10,14-15,18-19H2. The van der Waals surface area contributed by atoms with E-state index in [0.29, 0.717) is 6.61 Å². The van der Waals surface area contributed by atoms with Crippen LogP contribution in [0.5, 0.6) is 17.2 Å². The first-order valence-corrected chi connectivity index (χ1v) is 12.0. The fourth-order valence-corrected chi connectivity index (χ4v) is 3.64. The van der Waals surface area contributed by atoms with Crippen molar-refractivity contribution in [3.05, 3.63) is 54.1 Å². The van der Waals surface area contributed by atoms with Crippen molar-refractivity contribution in [2.75, 3.05) is 13.2 Å². The van der Waals surface area contributed by atoms with Crippen molar-refractivity contribution in [2.45, 2.75) is 77.0 Å². The number of aromatic hydroxyl groups is 2. The molecule has 176 valence electrons. The lowest BCUT2D eigenvalue weighted by Gasteiger charge is -2.06. The lowest BCUT2D eigenvalue weighted by Crippen LogP contribution is -2.06. The highest BCUT2D eigenvalue weighted by Gasteiger charge is 2.09. The van der Waals surface area contributed by atoms with Gasteiger partial charge in [0.05, 0.1) is 18.8 Å². The number of para-hydroxylation sites is 1. The Kier molecular flexibility index (Phi) is 12.8. The number of carbonyl (C=O) groups excluding carboxylic acids is 1. The largest absolute Gasteiger partial charge is 0.508 e. The number of benzene rings is 2. The molecule has 0 saturated carbocycles. The van der Waals surface area contributed by atoms with Crippen LogP contribution in [-0.2, 0) is 4.74 Å². The van der Waals surface area contributed by atoms with E-state index in [1.54, 1.807) is 0 Å². The van der Waals surface area contributed by atoms with E-state index < -0.39 is 5.97 Å². The Morgan fingerprint density at radius 2 is 1.09 bits per heavy atom. The second kappa shape index (κ2) is 16.0. The zero-order valence-corrected chi connectivity index (χ0v) is 19.1. The summed E-state index contributed by atoms with van der Waals surface area (Å²) in [7, 11) is 0. The molecule has 0 heterocycles. The van der Waals surface area contributed by atoms with Gasteiger partial charge in [0.2, 0.25) is 0 Å². The van der Waals surface area contributed by atoms with Gasteiger partial charge in [0.25, 0.3) is 0 Å². The third-order valence-corrected chi connectivity index (χ3v) is 5.42. The van der Waals surface area contributed by atoms with Crippen LogP contribution >= 0.6 is 0 Å². The second-order valence-corrected chi connectivity index (χ2v) is 8.28. The van der Waals surface area contributed by atoms with Crippen LogP contribution in [0, 0.1) is 0 Å². The fourth-order valence-electron chi connectivity index (χ4n) is 3.64. The van der Waals surface area contributed by atoms with E-state index >= 15 is 0 Å². The molecule has 0 atom stereocenters. The number of esters is 1. The molecule has 2 rings (SSSR count). The normalized spacial score (nSPS) is 10.8. The lowest BCUT2D eigenvalue weighted by atomic mass is 10.1. The Bertz CT molecular complexity index is 740. The quantitative estimate of drug-likeness (QED) is 0.203. The number of rotatable bonds is 17. The molecule has 0 amide bonds. The summed E-state index contributed by atoms with van der Waals surface area (Å²) in [6.07, 6.45) is 14.4. The van der Waals surface area contributed by atoms with Gasteiger partial charge in [-0.25, -0.2) is 4.79 Å². The maximum absolute atomic E-state index is 11.9. The maximum Gasteiger partial charge on any atom is 0.338 e. The molecule has 0 aliphatic heterocycles. The third-order valence-electron chi connectivity index (χ3n) is 5.42. The van der Waals surface area contributed by atoms with Crippen molar-refractivity contribution >= 4 is 5.97 Å². The van der Waals surface area contributed by atoms with Crippen molar-refractivity contribution in [1.82, 2.24) is 0 Å². The monoisotopic (exact) mass is 442 g/mol. The average Bonchev–Trinajstić information content (AvgIpc) is 2.78. The summed E-state index contributed by atoms with van der Waals surface area (Å²) < 4.78 is 10.9. The van der Waals surface area contributed by atoms with Crippen molar-refractivity contribution in [3.63, 3.8) is 0 Å². The number of phenolic OH excluding ortho intramolecular Hbond substituents is 2. The Balaban J connectivity index is 1.31. The minimum absolute atomic E-state index is 0.148. The van der Waals surface area contributed by atoms with Crippen LogP contribution in [0.1, 0.15) is 87.4 Å². The van der Waals surface area contributed by atoms with Crippen molar-refractivity contribution in [1.29, 1.82) is 0 Å². The van der Waals surface area contributed by atoms with E-state index in [2.05, 4.69) is 0 Å². The molecule has 0 bridgehead atoms. The molecular weight excluding hydrogens is 404 g/mol. The van der Waals surface area contributed by atoms with E-state index in [1.807, 2.05) is 30.3 Å². The molecule has 5 heteroatoms. The summed E-state index contributed by atoms with van der Waals surface area (Å²) in [6.45, 7) is 1.17. The van der Waals surface area contributed by atoms with Crippen molar-refractivity contribution < 1.29 is 24.5 Å². The highest BCUT2D eigenvalue weighted by atomic mass is 16.5. The minimum atomic E-state index is -0.514. The van der Waals surface area contributed by atoms with Gasteiger partial charge in [-0.1, -0.05) is 82.4 Å². The smallest absolute Gasteiger partial charge is 0.338 e. The van der Waals surface area contributed by atoms with Crippen molar-refractivity contribution in [3.8, 4) is 17.2 Å². The second-order valence-electron chi connectivity index (χ2n) is 8.28. The van der Waals surface area contributed by atoms with Crippen molar-refractivity contribution in [2.24, 2.45) is 0 Å². The van der Waals surface area contributed by atoms with Crippen LogP contribution in [0.2, 0.25) is 0 Å². The average molecular weight is 443 g/mol. The molecule has 0 saturated heterocycles. The van der Waals surface area contributed by atoms with Crippen LogP contribution in [0.3, 0.4) is 0 Å². The van der Waals surface area contributed by atoms with Gasteiger partial charge in [-0.2, -0.15) is 0 Å². The Morgan fingerprint density at radius 3 is 1.62 bits per heavy atom. The number of phenols is 2. The summed E-state index contributed by atoms with van der Waals surface area (Å²) in [6, 6.07) is 13.8. The van der Waals surface area contributed by atoms with E-state index in [4.69, 9.17) is 9.47 Å². The van der Waals surface area contributed by atoms with Gasteiger partial charge in [0, 0.05) is 6.07 Å². The van der Waals surface area contributed by atoms with E-state index in [9.17, 15) is 15.0 Å². The molecule has 0 aromatic heterocycles.